The zero-order valence-corrected chi connectivity index (χ0v) is 13.0. The van der Waals surface area contributed by atoms with E-state index in [1.165, 1.54) is 14.7 Å². The molecule has 0 fully saturated rings. The minimum absolute atomic E-state index is 0. The molecule has 0 saturated heterocycles. The van der Waals surface area contributed by atoms with Crippen molar-refractivity contribution in [2.45, 2.75) is 0 Å². The Kier molecular flexibility index (Phi) is 7.02. The SMILES string of the molecule is I[c-]1cccc1.[Fe].c1ccc(-[c-]2[cH-][cH-][cH-][cH-]2)cc1. The van der Waals surface area contributed by atoms with Crippen LogP contribution in [0.5, 0.6) is 0 Å². The third-order valence-corrected chi connectivity index (χ3v) is 3.11. The molecule has 0 radical (unpaired) electrons. The van der Waals surface area contributed by atoms with Gasteiger partial charge in [-0.15, -0.1) is 28.7 Å². The maximum absolute atomic E-state index is 2.28. The Hall–Kier alpha value is -0.831. The van der Waals surface area contributed by atoms with E-state index in [2.05, 4.69) is 83.3 Å². The predicted molar refractivity (Wildman–Crippen MR) is 82.2 cm³/mol. The molecule has 3 aromatic rings. The van der Waals surface area contributed by atoms with E-state index in [-0.39, 0.29) is 17.1 Å². The fourth-order valence-electron chi connectivity index (χ4n) is 1.55. The minimum Gasteiger partial charge on any atom is -0.642 e. The van der Waals surface area contributed by atoms with Crippen LogP contribution in [-0.2, 0) is 17.1 Å². The van der Waals surface area contributed by atoms with E-state index < -0.39 is 0 Å². The van der Waals surface area contributed by atoms with Gasteiger partial charge in [-0.05, 0) is 0 Å². The van der Waals surface area contributed by atoms with Crippen molar-refractivity contribution in [1.82, 2.24) is 0 Å². The average Bonchev–Trinajstić information content (AvgIpc) is 3.03. The molecule has 0 heterocycles. The maximum atomic E-state index is 2.28. The summed E-state index contributed by atoms with van der Waals surface area (Å²) in [6, 6.07) is 26.9. The van der Waals surface area contributed by atoms with Crippen molar-refractivity contribution in [3.05, 3.63) is 82.4 Å². The van der Waals surface area contributed by atoms with Crippen molar-refractivity contribution in [1.29, 1.82) is 0 Å². The molecule has 0 unspecified atom stereocenters. The van der Waals surface area contributed by atoms with Crippen molar-refractivity contribution in [2.75, 3.05) is 0 Å². The van der Waals surface area contributed by atoms with Gasteiger partial charge in [-0.1, -0.05) is 3.57 Å². The Balaban J connectivity index is 0.000000199. The Bertz CT molecular complexity index is 510. The van der Waals surface area contributed by atoms with Crippen LogP contribution < -0.4 is 0 Å². The van der Waals surface area contributed by atoms with Crippen LogP contribution in [0.3, 0.4) is 0 Å². The monoisotopic (exact) mass is 388 g/mol. The van der Waals surface area contributed by atoms with Crippen LogP contribution in [0.4, 0.5) is 0 Å². The summed E-state index contributed by atoms with van der Waals surface area (Å²) in [4.78, 5) is 0. The molecule has 0 bridgehead atoms. The van der Waals surface area contributed by atoms with E-state index in [1.807, 2.05) is 18.2 Å². The van der Waals surface area contributed by atoms with Gasteiger partial charge < -0.3 is 47.5 Å². The third-order valence-electron chi connectivity index (χ3n) is 2.39. The summed E-state index contributed by atoms with van der Waals surface area (Å²) in [5.74, 6) is 0. The van der Waals surface area contributed by atoms with Gasteiger partial charge >= 0.3 is 0 Å². The Labute approximate surface area is 132 Å². The van der Waals surface area contributed by atoms with Gasteiger partial charge in [0.15, 0.2) is 0 Å². The van der Waals surface area contributed by atoms with E-state index in [1.54, 1.807) is 0 Å². The van der Waals surface area contributed by atoms with Gasteiger partial charge in [-0.25, -0.2) is 12.1 Å². The van der Waals surface area contributed by atoms with Crippen molar-refractivity contribution in [2.24, 2.45) is 0 Å². The molecule has 2 heteroatoms. The second-order valence-electron chi connectivity index (χ2n) is 3.64. The fourth-order valence-corrected chi connectivity index (χ4v) is 1.96. The first-order valence-corrected chi connectivity index (χ1v) is 6.58. The zero-order chi connectivity index (χ0) is 11.9. The first-order chi connectivity index (χ1) is 8.36. The topological polar surface area (TPSA) is 0 Å². The van der Waals surface area contributed by atoms with Crippen LogP contribution in [0.25, 0.3) is 11.1 Å². The second-order valence-corrected chi connectivity index (χ2v) is 4.89. The molecule has 0 aliphatic carbocycles. The molecular weight excluding hydrogens is 375 g/mol. The van der Waals surface area contributed by atoms with Gasteiger partial charge in [0.05, 0.1) is 0 Å². The molecule has 0 amide bonds. The molecular formula is C16H13FeI-6. The largest absolute Gasteiger partial charge is 0.642 e. The summed E-state index contributed by atoms with van der Waals surface area (Å²) in [5, 5.41) is 0. The molecule has 98 valence electrons. The number of rotatable bonds is 1. The molecule has 0 aliphatic rings. The van der Waals surface area contributed by atoms with Gasteiger partial charge in [0.1, 0.15) is 0 Å². The van der Waals surface area contributed by atoms with Gasteiger partial charge in [0, 0.05) is 17.1 Å². The minimum atomic E-state index is 0. The molecule has 3 rings (SSSR count). The van der Waals surface area contributed by atoms with Crippen LogP contribution in [0.1, 0.15) is 0 Å². The average molecular weight is 388 g/mol. The van der Waals surface area contributed by atoms with Crippen LogP contribution >= 0.6 is 22.6 Å². The molecule has 0 nitrogen and oxygen atoms in total. The first kappa shape index (κ1) is 15.2. The normalized spacial score (nSPS) is 8.94. The van der Waals surface area contributed by atoms with Crippen LogP contribution in [-0.4, -0.2) is 0 Å². The third kappa shape index (κ3) is 4.81. The standard InChI is InChI=1S/C11H9.C5H4I.Fe/c1-2-6-10(7-3-1)11-8-4-5-9-11;6-5-3-1-2-4-5;/h1-9H;1-4H;/q-5;-1;. The predicted octanol–water partition coefficient (Wildman–Crippen LogP) is 5.08. The van der Waals surface area contributed by atoms with Gasteiger partial charge in [0.25, 0.3) is 0 Å². The van der Waals surface area contributed by atoms with Crippen molar-refractivity contribution in [3.8, 4) is 11.1 Å². The molecule has 0 aliphatic heterocycles. The molecule has 0 atom stereocenters. The maximum Gasteiger partial charge on any atom is 0 e. The summed E-state index contributed by atoms with van der Waals surface area (Å²) >= 11 is 2.28. The van der Waals surface area contributed by atoms with Crippen molar-refractivity contribution >= 4 is 22.6 Å². The van der Waals surface area contributed by atoms with Crippen LogP contribution in [0.15, 0.2) is 78.9 Å². The molecule has 18 heavy (non-hydrogen) atoms. The number of hydrogen-bond donors (Lipinski definition) is 0. The summed E-state index contributed by atoms with van der Waals surface area (Å²) in [5.41, 5.74) is 2.59. The Morgan fingerprint density at radius 2 is 1.39 bits per heavy atom. The first-order valence-electron chi connectivity index (χ1n) is 5.50. The summed E-state index contributed by atoms with van der Waals surface area (Å²) in [6.45, 7) is 0. The van der Waals surface area contributed by atoms with E-state index >= 15 is 0 Å². The number of benzene rings is 1. The molecule has 0 saturated carbocycles. The molecule has 0 aromatic heterocycles. The Morgan fingerprint density at radius 3 is 1.83 bits per heavy atom. The molecule has 0 N–H and O–H groups in total. The molecule has 3 aromatic carbocycles. The zero-order valence-electron chi connectivity index (χ0n) is 9.74. The Morgan fingerprint density at radius 1 is 0.833 bits per heavy atom. The van der Waals surface area contributed by atoms with E-state index in [0.717, 1.165) is 0 Å². The smallest absolute Gasteiger partial charge is 0 e. The van der Waals surface area contributed by atoms with E-state index in [4.69, 9.17) is 0 Å². The van der Waals surface area contributed by atoms with Crippen LogP contribution in [0.2, 0.25) is 0 Å². The number of halogens is 1. The van der Waals surface area contributed by atoms with Gasteiger partial charge in [-0.2, -0.15) is 24.3 Å². The second kappa shape index (κ2) is 8.30. The van der Waals surface area contributed by atoms with Crippen molar-refractivity contribution < 1.29 is 17.1 Å². The van der Waals surface area contributed by atoms with Gasteiger partial charge in [0.2, 0.25) is 0 Å². The quantitative estimate of drug-likeness (QED) is 0.310. The van der Waals surface area contributed by atoms with Crippen LogP contribution in [0, 0.1) is 3.57 Å². The fraction of sp³-hybridized carbons (Fsp3) is 0. The molecule has 0 spiro atoms. The van der Waals surface area contributed by atoms with Gasteiger partial charge in [-0.3, -0.25) is 0 Å². The summed E-state index contributed by atoms with van der Waals surface area (Å²) in [6.07, 6.45) is 0. The van der Waals surface area contributed by atoms with E-state index in [9.17, 15) is 0 Å². The summed E-state index contributed by atoms with van der Waals surface area (Å²) in [7, 11) is 0. The van der Waals surface area contributed by atoms with Crippen molar-refractivity contribution in [3.63, 3.8) is 0 Å². The number of hydrogen-bond acceptors (Lipinski definition) is 0. The summed E-state index contributed by atoms with van der Waals surface area (Å²) < 4.78 is 1.31. The van der Waals surface area contributed by atoms with E-state index in [0.29, 0.717) is 0 Å².